The molecule has 1 unspecified atom stereocenters. The Bertz CT molecular complexity index is 655. The number of anilines is 3. The largest absolute Gasteiger partial charge is 0.482 e. The van der Waals surface area contributed by atoms with E-state index in [1.165, 1.54) is 4.88 Å². The Hall–Kier alpha value is -2.21. The number of fused-ring (bicyclic) bond motifs is 1. The van der Waals surface area contributed by atoms with Gasteiger partial charge in [-0.25, -0.2) is 0 Å². The van der Waals surface area contributed by atoms with Crippen molar-refractivity contribution < 1.29 is 9.53 Å². The Morgan fingerprint density at radius 1 is 1.52 bits per heavy atom. The first-order valence-corrected chi connectivity index (χ1v) is 7.65. The van der Waals surface area contributed by atoms with E-state index in [0.29, 0.717) is 17.1 Å². The van der Waals surface area contributed by atoms with Gasteiger partial charge in [-0.3, -0.25) is 4.79 Å². The van der Waals surface area contributed by atoms with Crippen LogP contribution in [0.5, 0.6) is 5.75 Å². The fourth-order valence-corrected chi connectivity index (χ4v) is 3.15. The molecule has 5 nitrogen and oxygen atoms in total. The molecule has 110 valence electrons. The van der Waals surface area contributed by atoms with Gasteiger partial charge in [-0.2, -0.15) is 0 Å². The van der Waals surface area contributed by atoms with Gasteiger partial charge in [-0.1, -0.05) is 6.07 Å². The van der Waals surface area contributed by atoms with Crippen LogP contribution in [0.1, 0.15) is 11.8 Å². The summed E-state index contributed by atoms with van der Waals surface area (Å²) in [5, 5.41) is 8.25. The molecule has 0 aliphatic carbocycles. The van der Waals surface area contributed by atoms with Crippen molar-refractivity contribution in [2.75, 3.05) is 23.0 Å². The topological polar surface area (TPSA) is 76.4 Å². The summed E-state index contributed by atoms with van der Waals surface area (Å²) in [6, 6.07) is 7.98. The highest BCUT2D eigenvalue weighted by Gasteiger charge is 2.18. The second kappa shape index (κ2) is 5.65. The second-order valence-corrected chi connectivity index (χ2v) is 6.13. The summed E-state index contributed by atoms with van der Waals surface area (Å²) in [5.41, 5.74) is 8.13. The van der Waals surface area contributed by atoms with Crippen LogP contribution < -0.4 is 21.1 Å². The Kier molecular flexibility index (Phi) is 3.70. The lowest BCUT2D eigenvalue weighted by atomic mass is 10.1. The van der Waals surface area contributed by atoms with Gasteiger partial charge in [0.05, 0.1) is 17.1 Å². The van der Waals surface area contributed by atoms with Gasteiger partial charge < -0.3 is 21.1 Å². The molecule has 4 N–H and O–H groups in total. The zero-order valence-electron chi connectivity index (χ0n) is 11.7. The molecule has 0 radical (unpaired) electrons. The number of rotatable bonds is 4. The van der Waals surface area contributed by atoms with Crippen LogP contribution in [0.15, 0.2) is 29.6 Å². The van der Waals surface area contributed by atoms with E-state index in [1.54, 1.807) is 17.4 Å². The molecule has 2 heterocycles. The van der Waals surface area contributed by atoms with Gasteiger partial charge in [0.1, 0.15) is 5.75 Å². The van der Waals surface area contributed by atoms with E-state index in [1.807, 2.05) is 12.1 Å². The van der Waals surface area contributed by atoms with Crippen molar-refractivity contribution in [3.05, 3.63) is 34.5 Å². The quantitative estimate of drug-likeness (QED) is 0.759. The van der Waals surface area contributed by atoms with Crippen LogP contribution in [0.3, 0.4) is 0 Å². The van der Waals surface area contributed by atoms with Crippen LogP contribution in [0.4, 0.5) is 17.1 Å². The minimum atomic E-state index is -0.148. The maximum atomic E-state index is 11.4. The summed E-state index contributed by atoms with van der Waals surface area (Å²) in [7, 11) is 0. The van der Waals surface area contributed by atoms with Crippen LogP contribution in [0.2, 0.25) is 0 Å². The molecular formula is C15H17N3O2S. The molecule has 1 aliphatic heterocycles. The van der Waals surface area contributed by atoms with Crippen molar-refractivity contribution in [2.45, 2.75) is 19.4 Å². The Labute approximate surface area is 127 Å². The van der Waals surface area contributed by atoms with Crippen LogP contribution in [0.25, 0.3) is 0 Å². The first-order valence-electron chi connectivity index (χ1n) is 6.77. The summed E-state index contributed by atoms with van der Waals surface area (Å²) in [6.45, 7) is 2.14. The maximum absolute atomic E-state index is 11.4. The number of thiophene rings is 1. The first-order chi connectivity index (χ1) is 10.1. The smallest absolute Gasteiger partial charge is 0.262 e. The summed E-state index contributed by atoms with van der Waals surface area (Å²) in [4.78, 5) is 12.7. The predicted molar refractivity (Wildman–Crippen MR) is 86.1 cm³/mol. The van der Waals surface area contributed by atoms with E-state index < -0.39 is 0 Å². The van der Waals surface area contributed by atoms with Gasteiger partial charge in [0, 0.05) is 23.4 Å². The highest BCUT2D eigenvalue weighted by Crippen LogP contribution is 2.35. The molecule has 2 aromatic rings. The van der Waals surface area contributed by atoms with Gasteiger partial charge >= 0.3 is 0 Å². The van der Waals surface area contributed by atoms with Crippen molar-refractivity contribution in [3.63, 3.8) is 0 Å². The molecule has 1 amide bonds. The van der Waals surface area contributed by atoms with E-state index >= 15 is 0 Å². The van der Waals surface area contributed by atoms with Crippen molar-refractivity contribution in [3.8, 4) is 5.75 Å². The van der Waals surface area contributed by atoms with Crippen molar-refractivity contribution in [1.29, 1.82) is 0 Å². The molecule has 0 saturated carbocycles. The third-order valence-electron chi connectivity index (χ3n) is 3.27. The zero-order chi connectivity index (χ0) is 14.8. The molecule has 21 heavy (non-hydrogen) atoms. The number of carbonyl (C=O) groups is 1. The lowest BCUT2D eigenvalue weighted by Gasteiger charge is -2.22. The van der Waals surface area contributed by atoms with Gasteiger partial charge in [0.25, 0.3) is 5.91 Å². The average molecular weight is 303 g/mol. The van der Waals surface area contributed by atoms with Gasteiger partial charge in [-0.15, -0.1) is 11.3 Å². The van der Waals surface area contributed by atoms with Gasteiger partial charge in [0.2, 0.25) is 0 Å². The minimum Gasteiger partial charge on any atom is -0.482 e. The van der Waals surface area contributed by atoms with Gasteiger partial charge in [0.15, 0.2) is 6.61 Å². The Balaban J connectivity index is 1.75. The third-order valence-corrected chi connectivity index (χ3v) is 4.17. The van der Waals surface area contributed by atoms with Crippen molar-refractivity contribution >= 4 is 34.3 Å². The molecule has 1 aromatic carbocycles. The molecule has 0 fully saturated rings. The fourth-order valence-electron chi connectivity index (χ4n) is 2.31. The SMILES string of the molecule is CC(Cc1cccs1)Nc1cc2c(cc1N)OCC(=O)N2. The molecule has 6 heteroatoms. The number of benzene rings is 1. The van der Waals surface area contributed by atoms with E-state index in [-0.39, 0.29) is 18.6 Å². The molecule has 0 bridgehead atoms. The lowest BCUT2D eigenvalue weighted by Crippen LogP contribution is -2.26. The molecule has 1 aromatic heterocycles. The van der Waals surface area contributed by atoms with Crippen LogP contribution >= 0.6 is 11.3 Å². The number of nitrogen functional groups attached to an aromatic ring is 1. The second-order valence-electron chi connectivity index (χ2n) is 5.10. The van der Waals surface area contributed by atoms with E-state index in [0.717, 1.165) is 12.1 Å². The number of hydrogen-bond donors (Lipinski definition) is 3. The molecule has 0 saturated heterocycles. The Morgan fingerprint density at radius 3 is 3.14 bits per heavy atom. The molecular weight excluding hydrogens is 286 g/mol. The number of nitrogens with two attached hydrogens (primary N) is 1. The monoisotopic (exact) mass is 303 g/mol. The number of amides is 1. The van der Waals surface area contributed by atoms with Crippen LogP contribution in [-0.4, -0.2) is 18.6 Å². The average Bonchev–Trinajstić information content (AvgIpc) is 2.93. The highest BCUT2D eigenvalue weighted by molar-refractivity contribution is 7.09. The molecule has 1 aliphatic rings. The number of carbonyl (C=O) groups excluding carboxylic acids is 1. The predicted octanol–water partition coefficient (Wildman–Crippen LogP) is 2.70. The van der Waals surface area contributed by atoms with Crippen LogP contribution in [-0.2, 0) is 11.2 Å². The van der Waals surface area contributed by atoms with E-state index in [4.69, 9.17) is 10.5 Å². The summed E-state index contributed by atoms with van der Waals surface area (Å²) >= 11 is 1.74. The standard InChI is InChI=1S/C15H17N3O2S/c1-9(5-10-3-2-4-21-10)17-12-7-13-14(6-11(12)16)20-8-15(19)18-13/h2-4,6-7,9,17H,5,8,16H2,1H3,(H,18,19). The lowest BCUT2D eigenvalue weighted by molar-refractivity contribution is -0.118. The van der Waals surface area contributed by atoms with Crippen LogP contribution in [0, 0.1) is 0 Å². The molecule has 0 spiro atoms. The first kappa shape index (κ1) is 13.8. The highest BCUT2D eigenvalue weighted by atomic mass is 32.1. The van der Waals surface area contributed by atoms with Crippen molar-refractivity contribution in [2.24, 2.45) is 0 Å². The normalized spacial score (nSPS) is 14.8. The fraction of sp³-hybridized carbons (Fsp3) is 0.267. The summed E-state index contributed by atoms with van der Waals surface area (Å²) in [5.74, 6) is 0.466. The maximum Gasteiger partial charge on any atom is 0.262 e. The molecule has 3 rings (SSSR count). The summed E-state index contributed by atoms with van der Waals surface area (Å²) in [6.07, 6.45) is 0.928. The third kappa shape index (κ3) is 3.11. The van der Waals surface area contributed by atoms with Gasteiger partial charge in [-0.05, 0) is 24.4 Å². The Morgan fingerprint density at radius 2 is 2.38 bits per heavy atom. The minimum absolute atomic E-state index is 0.0357. The zero-order valence-corrected chi connectivity index (χ0v) is 12.5. The van der Waals surface area contributed by atoms with E-state index in [9.17, 15) is 4.79 Å². The molecule has 1 atom stereocenters. The van der Waals surface area contributed by atoms with Crippen molar-refractivity contribution in [1.82, 2.24) is 0 Å². The number of ether oxygens (including phenoxy) is 1. The summed E-state index contributed by atoms with van der Waals surface area (Å²) < 4.78 is 5.34. The van der Waals surface area contributed by atoms with E-state index in [2.05, 4.69) is 29.0 Å². The number of hydrogen-bond acceptors (Lipinski definition) is 5. The number of nitrogens with one attached hydrogen (secondary N) is 2.